The molecule has 0 bridgehead atoms. The maximum atomic E-state index is 12.0. The van der Waals surface area contributed by atoms with E-state index in [1.807, 2.05) is 0 Å². The molecule has 7 heteroatoms. The number of nitrogens with two attached hydrogens (primary N) is 1. The van der Waals surface area contributed by atoms with Gasteiger partial charge in [-0.1, -0.05) is 0 Å². The second-order valence-electron chi connectivity index (χ2n) is 3.90. The largest absolute Gasteiger partial charge is 0.496 e. The standard InChI is InChI=1S/C12H15N5O2/c1-19-10-3-2-8(13)6-9(10)12(18)14-5-4-11-15-7-16-17-11/h2-3,6-7H,4-5,13H2,1H3,(H,14,18)(H,15,16,17). The SMILES string of the molecule is COc1ccc(N)cc1C(=O)NCCc1ncn[nH]1. The van der Waals surface area contributed by atoms with Crippen LogP contribution in [0, 0.1) is 0 Å². The van der Waals surface area contributed by atoms with Gasteiger partial charge in [-0.05, 0) is 18.2 Å². The van der Waals surface area contributed by atoms with Gasteiger partial charge in [0.1, 0.15) is 17.9 Å². The van der Waals surface area contributed by atoms with Gasteiger partial charge in [-0.2, -0.15) is 5.10 Å². The van der Waals surface area contributed by atoms with Crippen LogP contribution in [0.25, 0.3) is 0 Å². The quantitative estimate of drug-likeness (QED) is 0.674. The molecule has 2 rings (SSSR count). The molecule has 1 amide bonds. The fourth-order valence-electron chi connectivity index (χ4n) is 1.64. The summed E-state index contributed by atoms with van der Waals surface area (Å²) in [5.74, 6) is 0.981. The zero-order valence-corrected chi connectivity index (χ0v) is 10.5. The molecule has 0 fully saturated rings. The van der Waals surface area contributed by atoms with Gasteiger partial charge in [0.15, 0.2) is 0 Å². The molecule has 0 aliphatic heterocycles. The zero-order chi connectivity index (χ0) is 13.7. The van der Waals surface area contributed by atoms with Gasteiger partial charge in [-0.3, -0.25) is 9.89 Å². The van der Waals surface area contributed by atoms with E-state index in [0.29, 0.717) is 30.0 Å². The third-order valence-electron chi connectivity index (χ3n) is 2.58. The third-order valence-corrected chi connectivity index (χ3v) is 2.58. The monoisotopic (exact) mass is 261 g/mol. The molecule has 0 aliphatic carbocycles. The number of benzene rings is 1. The van der Waals surface area contributed by atoms with Gasteiger partial charge in [0, 0.05) is 18.7 Å². The molecule has 0 spiro atoms. The Morgan fingerprint density at radius 1 is 1.53 bits per heavy atom. The summed E-state index contributed by atoms with van der Waals surface area (Å²) in [6.07, 6.45) is 2.01. The van der Waals surface area contributed by atoms with Crippen LogP contribution in [0.3, 0.4) is 0 Å². The average molecular weight is 261 g/mol. The number of anilines is 1. The van der Waals surface area contributed by atoms with Gasteiger partial charge in [0.25, 0.3) is 5.91 Å². The van der Waals surface area contributed by atoms with Crippen LogP contribution in [0.15, 0.2) is 24.5 Å². The van der Waals surface area contributed by atoms with Crippen molar-refractivity contribution in [1.82, 2.24) is 20.5 Å². The number of carbonyl (C=O) groups is 1. The number of nitrogen functional groups attached to an aromatic ring is 1. The molecule has 4 N–H and O–H groups in total. The lowest BCUT2D eigenvalue weighted by Gasteiger charge is -2.09. The first-order valence-corrected chi connectivity index (χ1v) is 5.76. The molecule has 0 saturated heterocycles. The van der Waals surface area contributed by atoms with Gasteiger partial charge in [-0.25, -0.2) is 4.98 Å². The fraction of sp³-hybridized carbons (Fsp3) is 0.250. The molecular formula is C12H15N5O2. The number of nitrogens with zero attached hydrogens (tertiary/aromatic N) is 2. The van der Waals surface area contributed by atoms with E-state index in [1.165, 1.54) is 13.4 Å². The minimum Gasteiger partial charge on any atom is -0.496 e. The lowest BCUT2D eigenvalue weighted by Crippen LogP contribution is -2.26. The molecule has 0 saturated carbocycles. The maximum Gasteiger partial charge on any atom is 0.255 e. The van der Waals surface area contributed by atoms with Crippen molar-refractivity contribution in [3.8, 4) is 5.75 Å². The highest BCUT2D eigenvalue weighted by atomic mass is 16.5. The molecule has 0 atom stereocenters. The van der Waals surface area contributed by atoms with Crippen LogP contribution in [-0.2, 0) is 6.42 Å². The van der Waals surface area contributed by atoms with Crippen LogP contribution in [0.1, 0.15) is 16.2 Å². The summed E-state index contributed by atoms with van der Waals surface area (Å²) < 4.78 is 5.13. The first-order chi connectivity index (χ1) is 9.20. The van der Waals surface area contributed by atoms with Gasteiger partial charge in [0.2, 0.25) is 0 Å². The number of methoxy groups -OCH3 is 1. The van der Waals surface area contributed by atoms with Crippen molar-refractivity contribution < 1.29 is 9.53 Å². The van der Waals surface area contributed by atoms with Crippen molar-refractivity contribution in [2.24, 2.45) is 0 Å². The number of H-pyrrole nitrogens is 1. The highest BCUT2D eigenvalue weighted by Gasteiger charge is 2.12. The lowest BCUT2D eigenvalue weighted by molar-refractivity contribution is 0.0951. The summed E-state index contributed by atoms with van der Waals surface area (Å²) in [5.41, 5.74) is 6.60. The van der Waals surface area contributed by atoms with E-state index in [4.69, 9.17) is 10.5 Å². The zero-order valence-electron chi connectivity index (χ0n) is 10.5. The summed E-state index contributed by atoms with van der Waals surface area (Å²) in [7, 11) is 1.51. The Morgan fingerprint density at radius 3 is 3.05 bits per heavy atom. The number of amides is 1. The topological polar surface area (TPSA) is 106 Å². The van der Waals surface area contributed by atoms with Crippen molar-refractivity contribution in [1.29, 1.82) is 0 Å². The van der Waals surface area contributed by atoms with E-state index in [0.717, 1.165) is 5.82 Å². The van der Waals surface area contributed by atoms with Crippen molar-refractivity contribution in [2.75, 3.05) is 19.4 Å². The molecule has 0 aliphatic rings. The Labute approximate surface area is 110 Å². The van der Waals surface area contributed by atoms with Crippen LogP contribution >= 0.6 is 0 Å². The second-order valence-corrected chi connectivity index (χ2v) is 3.90. The third kappa shape index (κ3) is 3.21. The molecule has 7 nitrogen and oxygen atoms in total. The summed E-state index contributed by atoms with van der Waals surface area (Å²) in [6, 6.07) is 4.94. The summed E-state index contributed by atoms with van der Waals surface area (Å²) >= 11 is 0. The van der Waals surface area contributed by atoms with E-state index in [2.05, 4.69) is 20.5 Å². The van der Waals surface area contributed by atoms with Crippen molar-refractivity contribution >= 4 is 11.6 Å². The molecule has 2 aromatic rings. The molecule has 0 unspecified atom stereocenters. The number of ether oxygens (including phenoxy) is 1. The first kappa shape index (κ1) is 12.9. The molecule has 1 aromatic heterocycles. The van der Waals surface area contributed by atoms with Crippen molar-refractivity contribution in [2.45, 2.75) is 6.42 Å². The van der Waals surface area contributed by atoms with Gasteiger partial charge < -0.3 is 15.8 Å². The Bertz CT molecular complexity index is 553. The average Bonchev–Trinajstić information content (AvgIpc) is 2.91. The van der Waals surface area contributed by atoms with Gasteiger partial charge in [0.05, 0.1) is 12.7 Å². The molecule has 100 valence electrons. The highest BCUT2D eigenvalue weighted by Crippen LogP contribution is 2.20. The first-order valence-electron chi connectivity index (χ1n) is 5.76. The number of nitrogens with one attached hydrogen (secondary N) is 2. The van der Waals surface area contributed by atoms with Gasteiger partial charge in [-0.15, -0.1) is 0 Å². The fourth-order valence-corrected chi connectivity index (χ4v) is 1.64. The number of aromatic amines is 1. The van der Waals surface area contributed by atoms with E-state index < -0.39 is 0 Å². The van der Waals surface area contributed by atoms with E-state index in [1.54, 1.807) is 18.2 Å². The molecule has 1 heterocycles. The van der Waals surface area contributed by atoms with Crippen LogP contribution in [0.2, 0.25) is 0 Å². The Kier molecular flexibility index (Phi) is 3.97. The number of carbonyl (C=O) groups excluding carboxylic acids is 1. The molecule has 19 heavy (non-hydrogen) atoms. The van der Waals surface area contributed by atoms with Crippen LogP contribution in [0.4, 0.5) is 5.69 Å². The molecule has 0 radical (unpaired) electrons. The molecule has 1 aromatic carbocycles. The Hall–Kier alpha value is -2.57. The summed E-state index contributed by atoms with van der Waals surface area (Å²) in [5, 5.41) is 9.23. The smallest absolute Gasteiger partial charge is 0.255 e. The number of hydrogen-bond donors (Lipinski definition) is 3. The second kappa shape index (κ2) is 5.85. The van der Waals surface area contributed by atoms with Crippen LogP contribution < -0.4 is 15.8 Å². The van der Waals surface area contributed by atoms with E-state index in [-0.39, 0.29) is 5.91 Å². The number of aromatic nitrogens is 3. The predicted octanol–water partition coefficient (Wildman–Crippen LogP) is 0.368. The van der Waals surface area contributed by atoms with E-state index in [9.17, 15) is 4.79 Å². The van der Waals surface area contributed by atoms with Crippen LogP contribution in [-0.4, -0.2) is 34.7 Å². The summed E-state index contributed by atoms with van der Waals surface area (Å²) in [6.45, 7) is 0.450. The number of hydrogen-bond acceptors (Lipinski definition) is 5. The number of rotatable bonds is 5. The lowest BCUT2D eigenvalue weighted by atomic mass is 10.1. The minimum absolute atomic E-state index is 0.233. The predicted molar refractivity (Wildman–Crippen MR) is 69.8 cm³/mol. The summed E-state index contributed by atoms with van der Waals surface area (Å²) in [4.78, 5) is 16.0. The van der Waals surface area contributed by atoms with Crippen molar-refractivity contribution in [3.63, 3.8) is 0 Å². The normalized spacial score (nSPS) is 10.2. The van der Waals surface area contributed by atoms with E-state index >= 15 is 0 Å². The molecular weight excluding hydrogens is 246 g/mol. The minimum atomic E-state index is -0.233. The van der Waals surface area contributed by atoms with Crippen LogP contribution in [0.5, 0.6) is 5.75 Å². The Balaban J connectivity index is 1.97. The van der Waals surface area contributed by atoms with Gasteiger partial charge >= 0.3 is 0 Å². The highest BCUT2D eigenvalue weighted by molar-refractivity contribution is 5.97. The Morgan fingerprint density at radius 2 is 2.37 bits per heavy atom. The van der Waals surface area contributed by atoms with Crippen molar-refractivity contribution in [3.05, 3.63) is 35.9 Å². The maximum absolute atomic E-state index is 12.0.